The Morgan fingerprint density at radius 2 is 2.00 bits per heavy atom. The van der Waals surface area contributed by atoms with E-state index in [0.29, 0.717) is 17.7 Å². The van der Waals surface area contributed by atoms with Crippen molar-refractivity contribution in [1.82, 2.24) is 14.6 Å². The molecule has 4 rings (SSSR count). The van der Waals surface area contributed by atoms with Crippen LogP contribution in [0.3, 0.4) is 0 Å². The molecule has 3 heterocycles. The van der Waals surface area contributed by atoms with Crippen molar-refractivity contribution in [3.05, 3.63) is 22.6 Å². The number of fused-ring (bicyclic) bond motifs is 1. The first-order chi connectivity index (χ1) is 12.3. The van der Waals surface area contributed by atoms with Crippen molar-refractivity contribution < 1.29 is 4.79 Å². The van der Waals surface area contributed by atoms with E-state index in [1.165, 1.54) is 18.4 Å². The minimum atomic E-state index is -0.264. The Hall–Kier alpha value is -1.43. The second-order valence-corrected chi connectivity index (χ2v) is 9.73. The molecule has 0 radical (unpaired) electrons. The SMILES string of the molecule is C[C@@H]1CC(C(=O)C(C)(C)C)CCN1c1ncnn2c(Br)cc(C3CC3)c12. The number of halogens is 1. The summed E-state index contributed by atoms with van der Waals surface area (Å²) in [5.74, 6) is 2.19. The number of ketones is 1. The summed E-state index contributed by atoms with van der Waals surface area (Å²) >= 11 is 3.65. The Labute approximate surface area is 163 Å². The highest BCUT2D eigenvalue weighted by atomic mass is 79.9. The van der Waals surface area contributed by atoms with E-state index in [1.54, 1.807) is 6.33 Å². The number of aromatic nitrogens is 3. The topological polar surface area (TPSA) is 50.5 Å². The van der Waals surface area contributed by atoms with Crippen LogP contribution in [0.4, 0.5) is 5.82 Å². The van der Waals surface area contributed by atoms with Crippen molar-refractivity contribution in [3.63, 3.8) is 0 Å². The molecule has 1 aliphatic heterocycles. The number of piperidine rings is 1. The number of nitrogens with zero attached hydrogens (tertiary/aromatic N) is 4. The predicted molar refractivity (Wildman–Crippen MR) is 107 cm³/mol. The van der Waals surface area contributed by atoms with Crippen molar-refractivity contribution >= 4 is 33.0 Å². The monoisotopic (exact) mass is 418 g/mol. The fraction of sp³-hybridized carbons (Fsp3) is 0.650. The second-order valence-electron chi connectivity index (χ2n) is 8.92. The van der Waals surface area contributed by atoms with Crippen LogP contribution in [0.25, 0.3) is 5.52 Å². The maximum Gasteiger partial charge on any atom is 0.157 e. The van der Waals surface area contributed by atoms with E-state index < -0.39 is 0 Å². The minimum Gasteiger partial charge on any atom is -0.352 e. The van der Waals surface area contributed by atoms with Crippen molar-refractivity contribution in [2.45, 2.75) is 65.3 Å². The molecule has 1 unspecified atom stereocenters. The van der Waals surface area contributed by atoms with Gasteiger partial charge in [0, 0.05) is 23.9 Å². The van der Waals surface area contributed by atoms with Crippen molar-refractivity contribution in [3.8, 4) is 0 Å². The molecule has 5 nitrogen and oxygen atoms in total. The number of carbonyl (C=O) groups excluding carboxylic acids is 1. The third-order valence-corrected chi connectivity index (χ3v) is 6.36. The van der Waals surface area contributed by atoms with Gasteiger partial charge in [0.15, 0.2) is 5.82 Å². The molecule has 2 aromatic rings. The van der Waals surface area contributed by atoms with Crippen LogP contribution in [0, 0.1) is 11.3 Å². The normalized spacial score (nSPS) is 24.3. The van der Waals surface area contributed by atoms with Gasteiger partial charge in [0.1, 0.15) is 22.2 Å². The number of rotatable bonds is 3. The van der Waals surface area contributed by atoms with Gasteiger partial charge >= 0.3 is 0 Å². The van der Waals surface area contributed by atoms with Crippen LogP contribution in [0.1, 0.15) is 64.9 Å². The molecule has 0 N–H and O–H groups in total. The predicted octanol–water partition coefficient (Wildman–Crippen LogP) is 4.59. The summed E-state index contributed by atoms with van der Waals surface area (Å²) in [5, 5.41) is 4.45. The third-order valence-electron chi connectivity index (χ3n) is 5.80. The lowest BCUT2D eigenvalue weighted by Crippen LogP contribution is -2.45. The zero-order valence-electron chi connectivity index (χ0n) is 16.0. The molecule has 0 bridgehead atoms. The third kappa shape index (κ3) is 3.06. The van der Waals surface area contributed by atoms with Gasteiger partial charge in [-0.2, -0.15) is 5.10 Å². The quantitative estimate of drug-likeness (QED) is 0.730. The smallest absolute Gasteiger partial charge is 0.157 e. The number of anilines is 1. The standard InChI is InChI=1S/C20H27BrN4O/c1-12-9-14(18(26)20(2,3)4)7-8-24(12)19-17-15(13-5-6-13)10-16(21)25(17)23-11-22-19/h10-14H,5-9H2,1-4H3/t12-,14?/m1/s1. The van der Waals surface area contributed by atoms with E-state index in [1.807, 2.05) is 25.3 Å². The summed E-state index contributed by atoms with van der Waals surface area (Å²) in [7, 11) is 0. The zero-order valence-corrected chi connectivity index (χ0v) is 17.6. The zero-order chi connectivity index (χ0) is 18.6. The molecular weight excluding hydrogens is 392 g/mol. The number of carbonyl (C=O) groups is 1. The van der Waals surface area contributed by atoms with Gasteiger partial charge < -0.3 is 4.90 Å². The van der Waals surface area contributed by atoms with E-state index in [0.717, 1.165) is 35.3 Å². The molecule has 0 aromatic carbocycles. The molecule has 1 aliphatic carbocycles. The molecule has 2 aliphatic rings. The molecule has 1 saturated carbocycles. The molecule has 2 aromatic heterocycles. The van der Waals surface area contributed by atoms with Crippen molar-refractivity contribution in [2.24, 2.45) is 11.3 Å². The van der Waals surface area contributed by atoms with E-state index in [2.05, 4.69) is 43.9 Å². The summed E-state index contributed by atoms with van der Waals surface area (Å²) in [6.07, 6.45) is 5.93. The summed E-state index contributed by atoms with van der Waals surface area (Å²) in [4.78, 5) is 19.8. The van der Waals surface area contributed by atoms with Gasteiger partial charge in [0.05, 0.1) is 0 Å². The molecule has 6 heteroatoms. The summed E-state index contributed by atoms with van der Waals surface area (Å²) in [6, 6.07) is 2.49. The molecule has 0 amide bonds. The largest absolute Gasteiger partial charge is 0.352 e. The molecular formula is C20H27BrN4O. The average molecular weight is 419 g/mol. The molecule has 1 saturated heterocycles. The van der Waals surface area contributed by atoms with E-state index in [9.17, 15) is 4.79 Å². The summed E-state index contributed by atoms with van der Waals surface area (Å²) in [5.41, 5.74) is 2.22. The molecule has 2 atom stereocenters. The fourth-order valence-corrected chi connectivity index (χ4v) is 4.79. The molecule has 140 valence electrons. The van der Waals surface area contributed by atoms with E-state index in [-0.39, 0.29) is 11.3 Å². The lowest BCUT2D eigenvalue weighted by atomic mass is 9.77. The summed E-state index contributed by atoms with van der Waals surface area (Å²) < 4.78 is 2.96. The minimum absolute atomic E-state index is 0.153. The second kappa shape index (κ2) is 6.32. The number of Topliss-reactive ketones (excluding diaryl/α,β-unsaturated/α-hetero) is 1. The maximum absolute atomic E-state index is 12.7. The van der Waals surface area contributed by atoms with E-state index in [4.69, 9.17) is 0 Å². The van der Waals surface area contributed by atoms with Crippen LogP contribution >= 0.6 is 15.9 Å². The van der Waals surface area contributed by atoms with Crippen molar-refractivity contribution in [2.75, 3.05) is 11.4 Å². The van der Waals surface area contributed by atoms with Gasteiger partial charge in [0.25, 0.3) is 0 Å². The fourth-order valence-electron chi connectivity index (χ4n) is 4.27. The highest BCUT2D eigenvalue weighted by molar-refractivity contribution is 9.10. The Kier molecular flexibility index (Phi) is 4.37. The van der Waals surface area contributed by atoms with Crippen molar-refractivity contribution in [1.29, 1.82) is 0 Å². The lowest BCUT2D eigenvalue weighted by Gasteiger charge is -2.39. The van der Waals surface area contributed by atoms with E-state index >= 15 is 0 Å². The average Bonchev–Trinajstić information content (AvgIpc) is 3.37. The highest BCUT2D eigenvalue weighted by Gasteiger charge is 2.37. The van der Waals surface area contributed by atoms with Crippen LogP contribution < -0.4 is 4.90 Å². The van der Waals surface area contributed by atoms with Gasteiger partial charge in [0.2, 0.25) is 0 Å². The molecule has 0 spiro atoms. The van der Waals surface area contributed by atoms with Gasteiger partial charge in [-0.1, -0.05) is 20.8 Å². The molecule has 2 fully saturated rings. The number of hydrogen-bond donors (Lipinski definition) is 0. The van der Waals surface area contributed by atoms with Gasteiger partial charge in [-0.15, -0.1) is 0 Å². The lowest BCUT2D eigenvalue weighted by molar-refractivity contribution is -0.131. The highest BCUT2D eigenvalue weighted by Crippen LogP contribution is 2.46. The van der Waals surface area contributed by atoms with Gasteiger partial charge in [-0.25, -0.2) is 9.50 Å². The molecule has 26 heavy (non-hydrogen) atoms. The first-order valence-electron chi connectivity index (χ1n) is 9.60. The summed E-state index contributed by atoms with van der Waals surface area (Å²) in [6.45, 7) is 9.17. The van der Waals surface area contributed by atoms with Gasteiger partial charge in [-0.3, -0.25) is 4.79 Å². The first kappa shape index (κ1) is 18.0. The Balaban J connectivity index is 1.66. The Morgan fingerprint density at radius 3 is 2.62 bits per heavy atom. The van der Waals surface area contributed by atoms with Gasteiger partial charge in [-0.05, 0) is 66.1 Å². The number of hydrogen-bond acceptors (Lipinski definition) is 4. The first-order valence-corrected chi connectivity index (χ1v) is 10.4. The van der Waals surface area contributed by atoms with Crippen LogP contribution in [0.15, 0.2) is 17.0 Å². The van der Waals surface area contributed by atoms with Crippen LogP contribution in [-0.2, 0) is 4.79 Å². The maximum atomic E-state index is 12.7. The van der Waals surface area contributed by atoms with Crippen LogP contribution in [0.5, 0.6) is 0 Å². The van der Waals surface area contributed by atoms with Crippen LogP contribution in [-0.4, -0.2) is 33.0 Å². The Morgan fingerprint density at radius 1 is 1.27 bits per heavy atom. The van der Waals surface area contributed by atoms with Crippen LogP contribution in [0.2, 0.25) is 0 Å². The Bertz CT molecular complexity index is 849.